The van der Waals surface area contributed by atoms with Crippen LogP contribution in [-0.2, 0) is 22.9 Å². The molecular weight excluding hydrogens is 370 g/mol. The van der Waals surface area contributed by atoms with E-state index in [4.69, 9.17) is 18.4 Å². The summed E-state index contributed by atoms with van der Waals surface area (Å²) in [6.45, 7) is 7.55. The average Bonchev–Trinajstić information content (AvgIpc) is 2.62. The smallest absolute Gasteiger partial charge is 0.481 e. The van der Waals surface area contributed by atoms with Gasteiger partial charge in [-0.15, -0.1) is 0 Å². The molecule has 0 aromatic heterocycles. The van der Waals surface area contributed by atoms with Crippen LogP contribution in [0, 0.1) is 5.92 Å². The molecule has 0 aromatic rings. The fraction of sp³-hybridized carbons (Fsp3) is 0.889. The Morgan fingerprint density at radius 1 is 0.963 bits per heavy atom. The highest BCUT2D eigenvalue weighted by molar-refractivity contribution is 6.60. The van der Waals surface area contributed by atoms with Gasteiger partial charge in [0.1, 0.15) is 0 Å². The van der Waals surface area contributed by atoms with Crippen LogP contribution in [0.2, 0.25) is 6.04 Å². The molecule has 0 fully saturated rings. The summed E-state index contributed by atoms with van der Waals surface area (Å²) < 4.78 is 17.2. The quantitative estimate of drug-likeness (QED) is 0.236. The van der Waals surface area contributed by atoms with Crippen LogP contribution in [0.4, 0.5) is 0 Å². The maximum Gasteiger partial charge on any atom is 0.500 e. The molecule has 9 heteroatoms. The molecule has 160 valence electrons. The third kappa shape index (κ3) is 12.1. The number of aliphatic hydroxyl groups is 1. The zero-order valence-corrected chi connectivity index (χ0v) is 18.0. The lowest BCUT2D eigenvalue weighted by atomic mass is 10.0. The number of hydrogen-bond donors (Lipinski definition) is 3. The molecule has 0 bridgehead atoms. The van der Waals surface area contributed by atoms with Gasteiger partial charge in [0.05, 0.1) is 5.92 Å². The molecule has 0 rings (SSSR count). The summed E-state index contributed by atoms with van der Waals surface area (Å²) in [5.74, 6) is -2.06. The number of aliphatic carboxylic acids is 1. The molecule has 0 saturated heterocycles. The maximum absolute atomic E-state index is 12.1. The molecular formula is C18H37NO7Si. The largest absolute Gasteiger partial charge is 0.500 e. The first-order valence-corrected chi connectivity index (χ1v) is 11.9. The van der Waals surface area contributed by atoms with Crippen molar-refractivity contribution in [3.63, 3.8) is 0 Å². The Kier molecular flexibility index (Phi) is 15.4. The summed E-state index contributed by atoms with van der Waals surface area (Å²) in [6, 6.07) is 0.369. The second kappa shape index (κ2) is 16.0. The van der Waals surface area contributed by atoms with Crippen molar-refractivity contribution in [1.29, 1.82) is 0 Å². The standard InChI is InChI=1S/C18H37NO7Si/c1-4-24-27(25-5-2,26-6-3)14-11-16(18(22)23)15-17(21)19-12-9-7-8-10-13-20/h16,20H,4-15H2,1-3H3,(H,19,21)(H,22,23). The Balaban J connectivity index is 4.52. The second-order valence-electron chi connectivity index (χ2n) is 6.25. The van der Waals surface area contributed by atoms with E-state index in [1.165, 1.54) is 0 Å². The van der Waals surface area contributed by atoms with E-state index in [1.54, 1.807) is 0 Å². The van der Waals surface area contributed by atoms with Gasteiger partial charge >= 0.3 is 14.8 Å². The minimum absolute atomic E-state index is 0.0686. The molecule has 0 aliphatic rings. The molecule has 0 aliphatic carbocycles. The summed E-state index contributed by atoms with van der Waals surface area (Å²) in [5.41, 5.74) is 0. The Morgan fingerprint density at radius 3 is 2.00 bits per heavy atom. The van der Waals surface area contributed by atoms with Gasteiger partial charge in [-0.05, 0) is 40.0 Å². The first-order valence-electron chi connectivity index (χ1n) is 9.96. The summed E-state index contributed by atoms with van der Waals surface area (Å²) in [7, 11) is -2.91. The minimum Gasteiger partial charge on any atom is -0.481 e. The zero-order chi connectivity index (χ0) is 20.5. The molecule has 0 aliphatic heterocycles. The van der Waals surface area contributed by atoms with Gasteiger partial charge in [0.25, 0.3) is 0 Å². The van der Waals surface area contributed by atoms with Crippen LogP contribution in [-0.4, -0.2) is 63.9 Å². The number of aliphatic hydroxyl groups excluding tert-OH is 1. The van der Waals surface area contributed by atoms with Gasteiger partial charge < -0.3 is 28.8 Å². The number of carbonyl (C=O) groups excluding carboxylic acids is 1. The van der Waals surface area contributed by atoms with Crippen LogP contribution in [0.1, 0.15) is 59.3 Å². The van der Waals surface area contributed by atoms with E-state index in [9.17, 15) is 14.7 Å². The number of carboxylic acid groups (broad SMARTS) is 1. The lowest BCUT2D eigenvalue weighted by Gasteiger charge is -2.29. The Labute approximate surface area is 163 Å². The van der Waals surface area contributed by atoms with Crippen LogP contribution in [0.15, 0.2) is 0 Å². The van der Waals surface area contributed by atoms with Crippen LogP contribution < -0.4 is 5.32 Å². The molecule has 0 radical (unpaired) electrons. The molecule has 0 saturated carbocycles. The molecule has 0 spiro atoms. The summed E-state index contributed by atoms with van der Waals surface area (Å²) in [5, 5.41) is 21.0. The van der Waals surface area contributed by atoms with E-state index in [0.29, 0.717) is 32.4 Å². The monoisotopic (exact) mass is 407 g/mol. The maximum atomic E-state index is 12.1. The van der Waals surface area contributed by atoms with E-state index < -0.39 is 20.7 Å². The lowest BCUT2D eigenvalue weighted by Crippen LogP contribution is -2.46. The minimum atomic E-state index is -2.91. The normalized spacial score (nSPS) is 12.7. The molecule has 0 heterocycles. The zero-order valence-electron chi connectivity index (χ0n) is 17.0. The second-order valence-corrected chi connectivity index (χ2v) is 8.98. The number of rotatable bonds is 18. The number of carboxylic acids is 1. The molecule has 27 heavy (non-hydrogen) atoms. The number of carbonyl (C=O) groups is 2. The Hall–Kier alpha value is -1.00. The fourth-order valence-corrected chi connectivity index (χ4v) is 5.48. The Bertz CT molecular complexity index is 392. The third-order valence-electron chi connectivity index (χ3n) is 4.08. The highest BCUT2D eigenvalue weighted by Gasteiger charge is 2.41. The molecule has 0 aromatic carbocycles. The van der Waals surface area contributed by atoms with Crippen LogP contribution in [0.25, 0.3) is 0 Å². The van der Waals surface area contributed by atoms with E-state index >= 15 is 0 Å². The van der Waals surface area contributed by atoms with E-state index in [-0.39, 0.29) is 25.4 Å². The highest BCUT2D eigenvalue weighted by atomic mass is 28.4. The molecule has 1 unspecified atom stereocenters. The number of hydrogen-bond acceptors (Lipinski definition) is 6. The first-order chi connectivity index (χ1) is 12.9. The van der Waals surface area contributed by atoms with Gasteiger partial charge in [-0.3, -0.25) is 9.59 Å². The van der Waals surface area contributed by atoms with Gasteiger partial charge in [-0.25, -0.2) is 0 Å². The Morgan fingerprint density at radius 2 is 1.52 bits per heavy atom. The molecule has 3 N–H and O–H groups in total. The number of nitrogens with one attached hydrogen (secondary N) is 1. The molecule has 1 amide bonds. The third-order valence-corrected chi connectivity index (χ3v) is 7.17. The van der Waals surface area contributed by atoms with Crippen molar-refractivity contribution in [2.45, 2.75) is 65.3 Å². The lowest BCUT2D eigenvalue weighted by molar-refractivity contribution is -0.144. The van der Waals surface area contributed by atoms with Crippen molar-refractivity contribution < 1.29 is 33.1 Å². The highest BCUT2D eigenvalue weighted by Crippen LogP contribution is 2.23. The fourth-order valence-electron chi connectivity index (χ4n) is 2.78. The van der Waals surface area contributed by atoms with Crippen molar-refractivity contribution >= 4 is 20.7 Å². The number of unbranched alkanes of at least 4 members (excludes halogenated alkanes) is 3. The van der Waals surface area contributed by atoms with Gasteiger partial charge in [0.15, 0.2) is 0 Å². The number of amides is 1. The summed E-state index contributed by atoms with van der Waals surface area (Å²) in [4.78, 5) is 23.6. The van der Waals surface area contributed by atoms with Gasteiger partial charge in [-0.2, -0.15) is 0 Å². The van der Waals surface area contributed by atoms with Crippen LogP contribution >= 0.6 is 0 Å². The molecule has 8 nitrogen and oxygen atoms in total. The van der Waals surface area contributed by atoms with E-state index in [1.807, 2.05) is 20.8 Å². The van der Waals surface area contributed by atoms with Crippen LogP contribution in [0.5, 0.6) is 0 Å². The molecule has 1 atom stereocenters. The van der Waals surface area contributed by atoms with Crippen molar-refractivity contribution in [1.82, 2.24) is 5.32 Å². The van der Waals surface area contributed by atoms with E-state index in [2.05, 4.69) is 5.32 Å². The summed E-state index contributed by atoms with van der Waals surface area (Å²) >= 11 is 0. The summed E-state index contributed by atoms with van der Waals surface area (Å²) in [6.07, 6.45) is 3.63. The van der Waals surface area contributed by atoms with Crippen molar-refractivity contribution in [3.05, 3.63) is 0 Å². The predicted molar refractivity (Wildman–Crippen MR) is 104 cm³/mol. The van der Waals surface area contributed by atoms with Crippen molar-refractivity contribution in [2.75, 3.05) is 33.0 Å². The average molecular weight is 408 g/mol. The van der Waals surface area contributed by atoms with E-state index in [0.717, 1.165) is 25.7 Å². The van der Waals surface area contributed by atoms with Gasteiger partial charge in [0.2, 0.25) is 5.91 Å². The van der Waals surface area contributed by atoms with Crippen molar-refractivity contribution in [2.24, 2.45) is 5.92 Å². The van der Waals surface area contributed by atoms with Gasteiger partial charge in [0, 0.05) is 45.4 Å². The van der Waals surface area contributed by atoms with Crippen LogP contribution in [0.3, 0.4) is 0 Å². The SMILES string of the molecule is CCO[Si](CCC(CC(=O)NCCCCCCO)C(=O)O)(OCC)OCC. The predicted octanol–water partition coefficient (Wildman–Crippen LogP) is 2.18. The van der Waals surface area contributed by atoms with Gasteiger partial charge in [-0.1, -0.05) is 12.8 Å². The first kappa shape index (κ1) is 26.0. The van der Waals surface area contributed by atoms with Crippen molar-refractivity contribution in [3.8, 4) is 0 Å². The topological polar surface area (TPSA) is 114 Å².